The van der Waals surface area contributed by atoms with Crippen molar-refractivity contribution in [3.8, 4) is 5.75 Å². The Morgan fingerprint density at radius 3 is 2.90 bits per heavy atom. The van der Waals surface area contributed by atoms with Gasteiger partial charge in [0, 0.05) is 18.1 Å². The van der Waals surface area contributed by atoms with E-state index in [9.17, 15) is 4.79 Å². The lowest BCUT2D eigenvalue weighted by Gasteiger charge is -2.46. The first-order chi connectivity index (χ1) is 9.65. The van der Waals surface area contributed by atoms with Crippen LogP contribution in [0.25, 0.3) is 0 Å². The maximum atomic E-state index is 12.7. The summed E-state index contributed by atoms with van der Waals surface area (Å²) < 4.78 is 11.1. The van der Waals surface area contributed by atoms with Crippen LogP contribution in [-0.2, 0) is 4.74 Å². The summed E-state index contributed by atoms with van der Waals surface area (Å²) in [6, 6.07) is 5.40. The number of ether oxygens (including phenoxy) is 2. The molecule has 0 aromatic heterocycles. The molecule has 1 saturated carbocycles. The third kappa shape index (κ3) is 2.18. The van der Waals surface area contributed by atoms with Crippen LogP contribution in [0.15, 0.2) is 18.2 Å². The molecule has 0 bridgehead atoms. The molecular formula is C16H21NO3. The highest BCUT2D eigenvalue weighted by molar-refractivity contribution is 6.03. The second-order valence-corrected chi connectivity index (χ2v) is 5.86. The molecule has 1 spiro atoms. The first kappa shape index (κ1) is 13.4. The minimum absolute atomic E-state index is 0.0216. The normalized spacial score (nSPS) is 24.1. The standard InChI is InChI=1S/C16H21NO3/c1-19-13-5-2-4-12(14(13)17)15(18)11-6-9-20-16(10-11)7-3-8-16/h2,4-5,11H,3,6-10,17H2,1H3. The van der Waals surface area contributed by atoms with Crippen molar-refractivity contribution in [2.75, 3.05) is 19.5 Å². The van der Waals surface area contributed by atoms with Crippen LogP contribution in [0.3, 0.4) is 0 Å². The zero-order valence-corrected chi connectivity index (χ0v) is 11.9. The summed E-state index contributed by atoms with van der Waals surface area (Å²) in [5.74, 6) is 0.732. The number of anilines is 1. The van der Waals surface area contributed by atoms with E-state index < -0.39 is 0 Å². The van der Waals surface area contributed by atoms with E-state index in [4.69, 9.17) is 15.2 Å². The molecule has 1 aliphatic carbocycles. The fourth-order valence-corrected chi connectivity index (χ4v) is 3.33. The second kappa shape index (κ2) is 5.09. The number of ketones is 1. The molecule has 1 aromatic rings. The number of Topliss-reactive ketones (excluding diaryl/α,β-unsaturated/α-hetero) is 1. The number of para-hydroxylation sites is 1. The number of carbonyl (C=O) groups excluding carboxylic acids is 1. The first-order valence-corrected chi connectivity index (χ1v) is 7.26. The quantitative estimate of drug-likeness (QED) is 0.680. The summed E-state index contributed by atoms with van der Waals surface area (Å²) in [6.45, 7) is 0.681. The first-order valence-electron chi connectivity index (χ1n) is 7.26. The van der Waals surface area contributed by atoms with Gasteiger partial charge in [-0.15, -0.1) is 0 Å². The summed E-state index contributed by atoms with van der Waals surface area (Å²) in [4.78, 5) is 12.7. The third-order valence-corrected chi connectivity index (χ3v) is 4.68. The number of hydrogen-bond donors (Lipinski definition) is 1. The van der Waals surface area contributed by atoms with Crippen molar-refractivity contribution in [1.82, 2.24) is 0 Å². The number of carbonyl (C=O) groups is 1. The van der Waals surface area contributed by atoms with Crippen LogP contribution in [0.1, 0.15) is 42.5 Å². The van der Waals surface area contributed by atoms with Gasteiger partial charge in [-0.05, 0) is 44.2 Å². The smallest absolute Gasteiger partial charge is 0.168 e. The lowest BCUT2D eigenvalue weighted by Crippen LogP contribution is -2.47. The number of nitrogen functional groups attached to an aromatic ring is 1. The van der Waals surface area contributed by atoms with Gasteiger partial charge in [-0.1, -0.05) is 6.07 Å². The molecule has 2 N–H and O–H groups in total. The van der Waals surface area contributed by atoms with E-state index >= 15 is 0 Å². The molecule has 2 aliphatic rings. The van der Waals surface area contributed by atoms with Gasteiger partial charge in [0.05, 0.1) is 18.4 Å². The molecule has 4 heteroatoms. The Morgan fingerprint density at radius 1 is 1.45 bits per heavy atom. The molecule has 1 atom stereocenters. The van der Waals surface area contributed by atoms with Gasteiger partial charge >= 0.3 is 0 Å². The van der Waals surface area contributed by atoms with Crippen molar-refractivity contribution in [3.63, 3.8) is 0 Å². The van der Waals surface area contributed by atoms with Crippen LogP contribution in [0.4, 0.5) is 5.69 Å². The largest absolute Gasteiger partial charge is 0.495 e. The Hall–Kier alpha value is -1.55. The van der Waals surface area contributed by atoms with Gasteiger partial charge in [-0.25, -0.2) is 0 Å². The van der Waals surface area contributed by atoms with Gasteiger partial charge < -0.3 is 15.2 Å². The predicted octanol–water partition coefficient (Wildman–Crippen LogP) is 2.81. The molecule has 1 saturated heterocycles. The Labute approximate surface area is 119 Å². The molecule has 4 nitrogen and oxygen atoms in total. The van der Waals surface area contributed by atoms with Crippen molar-refractivity contribution in [2.24, 2.45) is 5.92 Å². The van der Waals surface area contributed by atoms with E-state index in [0.717, 1.165) is 25.7 Å². The highest BCUT2D eigenvalue weighted by atomic mass is 16.5. The van der Waals surface area contributed by atoms with Crippen molar-refractivity contribution < 1.29 is 14.3 Å². The summed E-state index contributed by atoms with van der Waals surface area (Å²) in [6.07, 6.45) is 5.01. The molecule has 2 fully saturated rings. The monoisotopic (exact) mass is 275 g/mol. The molecule has 1 heterocycles. The van der Waals surface area contributed by atoms with Gasteiger partial charge in [-0.3, -0.25) is 4.79 Å². The second-order valence-electron chi connectivity index (χ2n) is 5.86. The lowest BCUT2D eigenvalue weighted by molar-refractivity contribution is -0.137. The summed E-state index contributed by atoms with van der Waals surface area (Å²) in [5.41, 5.74) is 7.06. The highest BCUT2D eigenvalue weighted by Gasteiger charge is 2.44. The molecule has 0 radical (unpaired) electrons. The van der Waals surface area contributed by atoms with Gasteiger partial charge in [0.1, 0.15) is 5.75 Å². The zero-order valence-electron chi connectivity index (χ0n) is 11.9. The topological polar surface area (TPSA) is 61.5 Å². The Morgan fingerprint density at radius 2 is 2.25 bits per heavy atom. The van der Waals surface area contributed by atoms with Crippen LogP contribution >= 0.6 is 0 Å². The Balaban J connectivity index is 1.82. The van der Waals surface area contributed by atoms with Crippen molar-refractivity contribution >= 4 is 11.5 Å². The minimum atomic E-state index is -0.0216. The van der Waals surface area contributed by atoms with E-state index in [1.807, 2.05) is 6.07 Å². The van der Waals surface area contributed by atoms with Crippen molar-refractivity contribution in [3.05, 3.63) is 23.8 Å². The van der Waals surface area contributed by atoms with E-state index in [1.165, 1.54) is 6.42 Å². The van der Waals surface area contributed by atoms with Crippen LogP contribution in [-0.4, -0.2) is 25.1 Å². The fourth-order valence-electron chi connectivity index (χ4n) is 3.33. The Bertz CT molecular complexity index is 522. The van der Waals surface area contributed by atoms with Crippen LogP contribution in [0.5, 0.6) is 5.75 Å². The highest BCUT2D eigenvalue weighted by Crippen LogP contribution is 2.45. The van der Waals surface area contributed by atoms with Crippen molar-refractivity contribution in [1.29, 1.82) is 0 Å². The fraction of sp³-hybridized carbons (Fsp3) is 0.562. The van der Waals surface area contributed by atoms with Crippen LogP contribution in [0.2, 0.25) is 0 Å². The molecule has 1 unspecified atom stereocenters. The zero-order chi connectivity index (χ0) is 14.2. The average molecular weight is 275 g/mol. The minimum Gasteiger partial charge on any atom is -0.495 e. The lowest BCUT2D eigenvalue weighted by atomic mass is 9.70. The average Bonchev–Trinajstić information content (AvgIpc) is 2.45. The summed E-state index contributed by atoms with van der Waals surface area (Å²) >= 11 is 0. The van der Waals surface area contributed by atoms with Crippen LogP contribution < -0.4 is 10.5 Å². The van der Waals surface area contributed by atoms with Gasteiger partial charge in [0.25, 0.3) is 0 Å². The van der Waals surface area contributed by atoms with E-state index in [2.05, 4.69) is 0 Å². The van der Waals surface area contributed by atoms with E-state index in [0.29, 0.717) is 23.6 Å². The van der Waals surface area contributed by atoms with Crippen molar-refractivity contribution in [2.45, 2.75) is 37.7 Å². The molecule has 108 valence electrons. The van der Waals surface area contributed by atoms with Gasteiger partial charge in [-0.2, -0.15) is 0 Å². The number of methoxy groups -OCH3 is 1. The van der Waals surface area contributed by atoms with Crippen LogP contribution in [0, 0.1) is 5.92 Å². The number of hydrogen-bond acceptors (Lipinski definition) is 4. The summed E-state index contributed by atoms with van der Waals surface area (Å²) in [7, 11) is 1.57. The third-order valence-electron chi connectivity index (χ3n) is 4.68. The number of nitrogens with two attached hydrogens (primary N) is 1. The molecule has 1 aromatic carbocycles. The number of benzene rings is 1. The number of rotatable bonds is 3. The molecule has 0 amide bonds. The maximum absolute atomic E-state index is 12.7. The Kier molecular flexibility index (Phi) is 3.42. The molecule has 1 aliphatic heterocycles. The maximum Gasteiger partial charge on any atom is 0.168 e. The van der Waals surface area contributed by atoms with Gasteiger partial charge in [0.2, 0.25) is 0 Å². The SMILES string of the molecule is COc1cccc(C(=O)C2CCOC3(CCC3)C2)c1N. The predicted molar refractivity (Wildman–Crippen MR) is 77.0 cm³/mol. The van der Waals surface area contributed by atoms with Gasteiger partial charge in [0.15, 0.2) is 5.78 Å². The summed E-state index contributed by atoms with van der Waals surface area (Å²) in [5, 5.41) is 0. The molecule has 3 rings (SSSR count). The van der Waals surface area contributed by atoms with E-state index in [1.54, 1.807) is 19.2 Å². The molecular weight excluding hydrogens is 254 g/mol. The molecule has 20 heavy (non-hydrogen) atoms. The van der Waals surface area contributed by atoms with E-state index in [-0.39, 0.29) is 17.3 Å².